The zero-order chi connectivity index (χ0) is 23.7. The van der Waals surface area contributed by atoms with Crippen molar-refractivity contribution in [1.29, 1.82) is 0 Å². The molecule has 2 saturated heterocycles. The molecule has 2 amide bonds. The SMILES string of the molecule is CC(=O)Nc1cccc(C(c2ccccc2)N2C3CCC2CN(C(=O)c2cncc(C)c2)C3)c1. The lowest BCUT2D eigenvalue weighted by molar-refractivity contribution is -0.114. The number of aromatic nitrogens is 1. The van der Waals surface area contributed by atoms with Gasteiger partial charge in [0.15, 0.2) is 0 Å². The van der Waals surface area contributed by atoms with Gasteiger partial charge < -0.3 is 10.2 Å². The van der Waals surface area contributed by atoms with Gasteiger partial charge in [-0.3, -0.25) is 19.5 Å². The zero-order valence-corrected chi connectivity index (χ0v) is 19.6. The molecule has 5 rings (SSSR count). The van der Waals surface area contributed by atoms with Crippen molar-refractivity contribution >= 4 is 17.5 Å². The van der Waals surface area contributed by atoms with Crippen molar-refractivity contribution in [3.05, 3.63) is 95.3 Å². The number of pyridine rings is 1. The van der Waals surface area contributed by atoms with Crippen molar-refractivity contribution in [2.75, 3.05) is 18.4 Å². The summed E-state index contributed by atoms with van der Waals surface area (Å²) in [7, 11) is 0. The van der Waals surface area contributed by atoms with Crippen molar-refractivity contribution in [3.63, 3.8) is 0 Å². The van der Waals surface area contributed by atoms with Crippen LogP contribution in [0.15, 0.2) is 73.1 Å². The fraction of sp³-hybridized carbons (Fsp3) is 0.321. The third-order valence-corrected chi connectivity index (χ3v) is 6.88. The van der Waals surface area contributed by atoms with Crippen LogP contribution < -0.4 is 5.32 Å². The molecule has 2 aliphatic heterocycles. The molecule has 3 aromatic rings. The number of nitrogens with zero attached hydrogens (tertiary/aromatic N) is 3. The molecule has 0 spiro atoms. The van der Waals surface area contributed by atoms with Gasteiger partial charge in [0.1, 0.15) is 0 Å². The number of fused-ring (bicyclic) bond motifs is 2. The second-order valence-corrected chi connectivity index (χ2v) is 9.41. The van der Waals surface area contributed by atoms with Gasteiger partial charge in [-0.2, -0.15) is 0 Å². The van der Waals surface area contributed by atoms with Gasteiger partial charge in [0, 0.05) is 50.2 Å². The highest BCUT2D eigenvalue weighted by molar-refractivity contribution is 5.94. The Balaban J connectivity index is 1.46. The van der Waals surface area contributed by atoms with E-state index < -0.39 is 0 Å². The fourth-order valence-corrected chi connectivity index (χ4v) is 5.54. The van der Waals surface area contributed by atoms with Gasteiger partial charge in [0.2, 0.25) is 5.91 Å². The van der Waals surface area contributed by atoms with Crippen LogP contribution in [0.5, 0.6) is 0 Å². The Bertz CT molecular complexity index is 1180. The first-order chi connectivity index (χ1) is 16.5. The predicted octanol–water partition coefficient (Wildman–Crippen LogP) is 4.43. The smallest absolute Gasteiger partial charge is 0.255 e. The Kier molecular flexibility index (Phi) is 6.16. The normalized spacial score (nSPS) is 20.7. The number of hydrogen-bond donors (Lipinski definition) is 1. The summed E-state index contributed by atoms with van der Waals surface area (Å²) in [5, 5.41) is 2.92. The van der Waals surface area contributed by atoms with Crippen LogP contribution >= 0.6 is 0 Å². The molecular weight excluding hydrogens is 424 g/mol. The van der Waals surface area contributed by atoms with Crippen molar-refractivity contribution < 1.29 is 9.59 Å². The minimum atomic E-state index is -0.0776. The van der Waals surface area contributed by atoms with Crippen LogP contribution in [0.1, 0.15) is 52.9 Å². The van der Waals surface area contributed by atoms with Gasteiger partial charge >= 0.3 is 0 Å². The molecule has 2 fully saturated rings. The summed E-state index contributed by atoms with van der Waals surface area (Å²) in [5.41, 5.74) is 4.84. The lowest BCUT2D eigenvalue weighted by Crippen LogP contribution is -2.56. The molecular formula is C28H30N4O2. The molecule has 6 heteroatoms. The summed E-state index contributed by atoms with van der Waals surface area (Å²) in [5.74, 6) is -0.0112. The highest BCUT2D eigenvalue weighted by atomic mass is 16.2. The molecule has 174 valence electrons. The number of rotatable bonds is 5. The highest BCUT2D eigenvalue weighted by Gasteiger charge is 2.45. The Morgan fingerprint density at radius 2 is 1.65 bits per heavy atom. The predicted molar refractivity (Wildman–Crippen MR) is 133 cm³/mol. The monoisotopic (exact) mass is 454 g/mol. The zero-order valence-electron chi connectivity index (χ0n) is 19.6. The molecule has 0 aliphatic carbocycles. The molecule has 1 aromatic heterocycles. The third-order valence-electron chi connectivity index (χ3n) is 6.88. The van der Waals surface area contributed by atoms with Crippen LogP contribution in [-0.4, -0.2) is 51.8 Å². The van der Waals surface area contributed by atoms with E-state index in [0.717, 1.165) is 29.7 Å². The van der Waals surface area contributed by atoms with E-state index in [1.165, 1.54) is 12.5 Å². The van der Waals surface area contributed by atoms with Gasteiger partial charge in [0.05, 0.1) is 11.6 Å². The number of piperazine rings is 1. The second-order valence-electron chi connectivity index (χ2n) is 9.41. The molecule has 0 radical (unpaired) electrons. The van der Waals surface area contributed by atoms with E-state index in [-0.39, 0.29) is 29.9 Å². The van der Waals surface area contributed by atoms with Crippen LogP contribution in [0.2, 0.25) is 0 Å². The molecule has 2 aliphatic rings. The van der Waals surface area contributed by atoms with Crippen LogP contribution in [0.3, 0.4) is 0 Å². The number of anilines is 1. The molecule has 3 unspecified atom stereocenters. The van der Waals surface area contributed by atoms with E-state index in [1.54, 1.807) is 12.4 Å². The van der Waals surface area contributed by atoms with Crippen LogP contribution in [0, 0.1) is 6.92 Å². The Hall–Kier alpha value is -3.51. The number of amides is 2. The Morgan fingerprint density at radius 1 is 0.941 bits per heavy atom. The number of aryl methyl sites for hydroxylation is 1. The van der Waals surface area contributed by atoms with E-state index in [2.05, 4.69) is 51.6 Å². The van der Waals surface area contributed by atoms with E-state index in [0.29, 0.717) is 18.7 Å². The van der Waals surface area contributed by atoms with Gasteiger partial charge in [-0.25, -0.2) is 0 Å². The Labute approximate surface area is 200 Å². The number of carbonyl (C=O) groups is 2. The number of benzene rings is 2. The molecule has 2 aromatic carbocycles. The largest absolute Gasteiger partial charge is 0.335 e. The first kappa shape index (κ1) is 22.3. The van der Waals surface area contributed by atoms with E-state index in [1.807, 2.05) is 36.1 Å². The van der Waals surface area contributed by atoms with Gasteiger partial charge in [-0.15, -0.1) is 0 Å². The lowest BCUT2D eigenvalue weighted by Gasteiger charge is -2.45. The quantitative estimate of drug-likeness (QED) is 0.620. The first-order valence-electron chi connectivity index (χ1n) is 11.9. The average molecular weight is 455 g/mol. The first-order valence-corrected chi connectivity index (χ1v) is 11.9. The third kappa shape index (κ3) is 4.46. The minimum Gasteiger partial charge on any atom is -0.335 e. The van der Waals surface area contributed by atoms with Crippen LogP contribution in [0.4, 0.5) is 5.69 Å². The summed E-state index contributed by atoms with van der Waals surface area (Å²) in [6, 6.07) is 21.2. The molecule has 3 atom stereocenters. The molecule has 0 saturated carbocycles. The van der Waals surface area contributed by atoms with Crippen molar-refractivity contribution in [2.45, 2.75) is 44.8 Å². The van der Waals surface area contributed by atoms with Crippen molar-refractivity contribution in [3.8, 4) is 0 Å². The molecule has 2 bridgehead atoms. The molecule has 34 heavy (non-hydrogen) atoms. The summed E-state index contributed by atoms with van der Waals surface area (Å²) in [4.78, 5) is 33.7. The van der Waals surface area contributed by atoms with E-state index in [9.17, 15) is 9.59 Å². The molecule has 6 nitrogen and oxygen atoms in total. The fourth-order valence-electron chi connectivity index (χ4n) is 5.54. The number of hydrogen-bond acceptors (Lipinski definition) is 4. The van der Waals surface area contributed by atoms with Crippen LogP contribution in [-0.2, 0) is 4.79 Å². The highest BCUT2D eigenvalue weighted by Crippen LogP contribution is 2.41. The maximum Gasteiger partial charge on any atom is 0.255 e. The van der Waals surface area contributed by atoms with Gasteiger partial charge in [0.25, 0.3) is 5.91 Å². The minimum absolute atomic E-state index is 0.0605. The second kappa shape index (κ2) is 9.39. The van der Waals surface area contributed by atoms with Crippen LogP contribution in [0.25, 0.3) is 0 Å². The topological polar surface area (TPSA) is 65.5 Å². The van der Waals surface area contributed by atoms with Gasteiger partial charge in [-0.05, 0) is 54.7 Å². The molecule has 1 N–H and O–H groups in total. The summed E-state index contributed by atoms with van der Waals surface area (Å²) < 4.78 is 0. The molecule has 3 heterocycles. The van der Waals surface area contributed by atoms with Crippen molar-refractivity contribution in [1.82, 2.24) is 14.8 Å². The summed E-state index contributed by atoms with van der Waals surface area (Å²) in [6.07, 6.45) is 5.58. The standard InChI is InChI=1S/C28H30N4O2/c1-19-13-23(16-29-15-19)28(34)31-17-25-11-12-26(18-31)32(25)27(21-7-4-3-5-8-21)22-9-6-10-24(14-22)30-20(2)33/h3-10,13-16,25-27H,11-12,17-18H2,1-2H3,(H,30,33). The van der Waals surface area contributed by atoms with E-state index >= 15 is 0 Å². The summed E-state index contributed by atoms with van der Waals surface area (Å²) in [6.45, 7) is 4.91. The Morgan fingerprint density at radius 3 is 2.32 bits per heavy atom. The maximum atomic E-state index is 13.3. The maximum absolute atomic E-state index is 13.3. The number of likely N-dealkylation sites (tertiary alicyclic amines) is 1. The summed E-state index contributed by atoms with van der Waals surface area (Å²) >= 11 is 0. The van der Waals surface area contributed by atoms with Gasteiger partial charge in [-0.1, -0.05) is 42.5 Å². The number of carbonyl (C=O) groups excluding carboxylic acids is 2. The lowest BCUT2D eigenvalue weighted by atomic mass is 9.94. The average Bonchev–Trinajstić information content (AvgIpc) is 3.07. The number of nitrogens with one attached hydrogen (secondary N) is 1. The van der Waals surface area contributed by atoms with E-state index in [4.69, 9.17) is 0 Å². The van der Waals surface area contributed by atoms with Crippen molar-refractivity contribution in [2.24, 2.45) is 0 Å².